The molecule has 0 heterocycles. The second kappa shape index (κ2) is 9.21. The van der Waals surface area contributed by atoms with E-state index in [2.05, 4.69) is 31.2 Å². The number of benzene rings is 2. The Labute approximate surface area is 135 Å². The SMILES string of the molecule is CCCCCC(=O)O[SiH2]C(c1ccccc1)c1ccccc1. The van der Waals surface area contributed by atoms with Crippen molar-refractivity contribution < 1.29 is 9.22 Å². The quantitative estimate of drug-likeness (QED) is 0.544. The second-order valence-electron chi connectivity index (χ2n) is 5.51. The van der Waals surface area contributed by atoms with E-state index in [1.54, 1.807) is 0 Å². The molecule has 3 heteroatoms. The van der Waals surface area contributed by atoms with Gasteiger partial charge in [-0.05, 0) is 17.5 Å². The first-order valence-corrected chi connectivity index (χ1v) is 9.46. The molecule has 2 aromatic rings. The lowest BCUT2D eigenvalue weighted by molar-refractivity contribution is -0.134. The summed E-state index contributed by atoms with van der Waals surface area (Å²) in [5.74, 6) is -0.0306. The number of unbranched alkanes of at least 4 members (excludes halogenated alkanes) is 2. The Hall–Kier alpha value is -1.87. The molecular weight excluding hydrogens is 288 g/mol. The fourth-order valence-corrected chi connectivity index (χ4v) is 3.95. The Morgan fingerprint density at radius 1 is 0.955 bits per heavy atom. The number of hydrogen-bond acceptors (Lipinski definition) is 2. The summed E-state index contributed by atoms with van der Waals surface area (Å²) < 4.78 is 5.66. The molecule has 0 spiro atoms. The van der Waals surface area contributed by atoms with Gasteiger partial charge in [-0.15, -0.1) is 0 Å². The van der Waals surface area contributed by atoms with Gasteiger partial charge in [-0.25, -0.2) is 0 Å². The molecule has 0 bridgehead atoms. The van der Waals surface area contributed by atoms with Crippen molar-refractivity contribution in [2.24, 2.45) is 0 Å². The van der Waals surface area contributed by atoms with Gasteiger partial charge in [-0.2, -0.15) is 0 Å². The summed E-state index contributed by atoms with van der Waals surface area (Å²) in [5.41, 5.74) is 2.71. The lowest BCUT2D eigenvalue weighted by Gasteiger charge is -2.17. The second-order valence-corrected chi connectivity index (χ2v) is 6.95. The minimum Gasteiger partial charge on any atom is -0.524 e. The third kappa shape index (κ3) is 5.15. The summed E-state index contributed by atoms with van der Waals surface area (Å²) in [6, 6.07) is 20.7. The summed E-state index contributed by atoms with van der Waals surface area (Å²) >= 11 is 0. The highest BCUT2D eigenvalue weighted by atomic mass is 28.2. The molecule has 0 radical (unpaired) electrons. The molecule has 0 saturated heterocycles. The normalized spacial score (nSPS) is 11.2. The van der Waals surface area contributed by atoms with Gasteiger partial charge in [-0.3, -0.25) is 4.79 Å². The molecule has 0 aliphatic heterocycles. The Kier molecular flexibility index (Phi) is 6.90. The molecule has 22 heavy (non-hydrogen) atoms. The van der Waals surface area contributed by atoms with Gasteiger partial charge in [0.2, 0.25) is 9.76 Å². The van der Waals surface area contributed by atoms with Gasteiger partial charge in [0.15, 0.2) is 0 Å². The predicted molar refractivity (Wildman–Crippen MR) is 93.5 cm³/mol. The van der Waals surface area contributed by atoms with Crippen molar-refractivity contribution in [1.82, 2.24) is 0 Å². The van der Waals surface area contributed by atoms with E-state index in [4.69, 9.17) is 4.43 Å². The molecule has 0 aromatic heterocycles. The van der Waals surface area contributed by atoms with Crippen LogP contribution in [0.5, 0.6) is 0 Å². The summed E-state index contributed by atoms with van der Waals surface area (Å²) in [5, 5.41) is 0. The van der Waals surface area contributed by atoms with Gasteiger partial charge >= 0.3 is 0 Å². The largest absolute Gasteiger partial charge is 0.524 e. The van der Waals surface area contributed by atoms with Crippen LogP contribution in [0.4, 0.5) is 0 Å². The highest BCUT2D eigenvalue weighted by Gasteiger charge is 2.17. The van der Waals surface area contributed by atoms with E-state index in [-0.39, 0.29) is 11.5 Å². The van der Waals surface area contributed by atoms with Crippen molar-refractivity contribution in [2.75, 3.05) is 0 Å². The van der Waals surface area contributed by atoms with Crippen molar-refractivity contribution in [3.05, 3.63) is 71.8 Å². The van der Waals surface area contributed by atoms with Crippen LogP contribution in [-0.2, 0) is 9.22 Å². The highest BCUT2D eigenvalue weighted by Crippen LogP contribution is 2.23. The number of carbonyl (C=O) groups is 1. The van der Waals surface area contributed by atoms with Crippen molar-refractivity contribution >= 4 is 15.7 Å². The first-order chi connectivity index (χ1) is 10.8. The van der Waals surface area contributed by atoms with E-state index in [1.807, 2.05) is 36.4 Å². The zero-order valence-electron chi connectivity index (χ0n) is 13.2. The van der Waals surface area contributed by atoms with E-state index < -0.39 is 9.76 Å². The van der Waals surface area contributed by atoms with E-state index in [9.17, 15) is 4.79 Å². The van der Waals surface area contributed by atoms with E-state index in [0.717, 1.165) is 19.3 Å². The van der Waals surface area contributed by atoms with Gasteiger partial charge in [0.1, 0.15) is 0 Å². The van der Waals surface area contributed by atoms with Crippen LogP contribution in [0.1, 0.15) is 49.3 Å². The van der Waals surface area contributed by atoms with E-state index in [0.29, 0.717) is 6.42 Å². The number of hydrogen-bond donors (Lipinski definition) is 0. The van der Waals surface area contributed by atoms with Crippen LogP contribution in [0.3, 0.4) is 0 Å². The smallest absolute Gasteiger partial charge is 0.292 e. The van der Waals surface area contributed by atoms with Gasteiger partial charge in [0.05, 0.1) is 0 Å². The maximum absolute atomic E-state index is 11.9. The Balaban J connectivity index is 2.02. The summed E-state index contributed by atoms with van der Waals surface area (Å²) in [7, 11) is -1.00. The minimum atomic E-state index is -1.00. The lowest BCUT2D eigenvalue weighted by Crippen LogP contribution is -2.17. The fraction of sp³-hybridized carbons (Fsp3) is 0.316. The van der Waals surface area contributed by atoms with Crippen molar-refractivity contribution in [3.8, 4) is 0 Å². The molecule has 0 fully saturated rings. The molecule has 0 unspecified atom stereocenters. The van der Waals surface area contributed by atoms with Gasteiger partial charge in [0.25, 0.3) is 5.97 Å². The lowest BCUT2D eigenvalue weighted by atomic mass is 10.0. The first kappa shape index (κ1) is 16.5. The summed E-state index contributed by atoms with van der Waals surface area (Å²) in [4.78, 5) is 11.9. The van der Waals surface area contributed by atoms with Crippen LogP contribution in [0.25, 0.3) is 0 Å². The Bertz CT molecular complexity index is 515. The summed E-state index contributed by atoms with van der Waals surface area (Å²) in [6.45, 7) is 2.14. The van der Waals surface area contributed by atoms with Crippen molar-refractivity contribution in [2.45, 2.75) is 38.1 Å². The maximum Gasteiger partial charge on any atom is 0.292 e. The first-order valence-electron chi connectivity index (χ1n) is 8.06. The van der Waals surface area contributed by atoms with Crippen molar-refractivity contribution in [1.29, 1.82) is 0 Å². The minimum absolute atomic E-state index is 0.0306. The van der Waals surface area contributed by atoms with Crippen LogP contribution in [0.2, 0.25) is 0 Å². The zero-order chi connectivity index (χ0) is 15.6. The molecule has 0 aliphatic rings. The zero-order valence-corrected chi connectivity index (χ0v) is 14.6. The average molecular weight is 312 g/mol. The molecule has 2 rings (SSSR count). The monoisotopic (exact) mass is 312 g/mol. The van der Waals surface area contributed by atoms with Crippen LogP contribution in [-0.4, -0.2) is 15.7 Å². The molecule has 116 valence electrons. The third-order valence-electron chi connectivity index (χ3n) is 3.80. The number of carbonyl (C=O) groups excluding carboxylic acids is 1. The van der Waals surface area contributed by atoms with Gasteiger partial charge in [-0.1, -0.05) is 80.4 Å². The highest BCUT2D eigenvalue weighted by molar-refractivity contribution is 6.34. The van der Waals surface area contributed by atoms with E-state index >= 15 is 0 Å². The van der Waals surface area contributed by atoms with Crippen LogP contribution in [0.15, 0.2) is 60.7 Å². The molecule has 0 atom stereocenters. The third-order valence-corrected chi connectivity index (χ3v) is 5.56. The molecule has 0 saturated carbocycles. The topological polar surface area (TPSA) is 26.3 Å². The predicted octanol–water partition coefficient (Wildman–Crippen LogP) is 3.98. The van der Waals surface area contributed by atoms with Crippen LogP contribution in [0, 0.1) is 0 Å². The van der Waals surface area contributed by atoms with Gasteiger partial charge in [0, 0.05) is 12.0 Å². The molecule has 2 nitrogen and oxygen atoms in total. The molecule has 0 aliphatic carbocycles. The average Bonchev–Trinajstić information content (AvgIpc) is 2.57. The van der Waals surface area contributed by atoms with Gasteiger partial charge < -0.3 is 4.43 Å². The molecular formula is C19H24O2Si. The van der Waals surface area contributed by atoms with Crippen molar-refractivity contribution in [3.63, 3.8) is 0 Å². The Morgan fingerprint density at radius 2 is 1.50 bits per heavy atom. The van der Waals surface area contributed by atoms with E-state index in [1.165, 1.54) is 11.1 Å². The molecule has 0 N–H and O–H groups in total. The summed E-state index contributed by atoms with van der Waals surface area (Å²) in [6.07, 6.45) is 3.71. The molecule has 0 amide bonds. The van der Waals surface area contributed by atoms with Crippen LogP contribution < -0.4 is 0 Å². The molecule has 2 aromatic carbocycles. The Morgan fingerprint density at radius 3 is 2.00 bits per heavy atom. The standard InChI is InChI=1S/C19H24O2Si/c1-2-3-6-15-18(20)21-22-19(16-11-7-4-8-12-16)17-13-9-5-10-14-17/h4-5,7-14,19H,2-3,6,15,22H2,1H3. The number of rotatable bonds is 8. The van der Waals surface area contributed by atoms with Crippen LogP contribution >= 0.6 is 0 Å². The maximum atomic E-state index is 11.9. The fourth-order valence-electron chi connectivity index (χ4n) is 2.52.